The number of fused-ring (bicyclic) bond motifs is 1. The number of phenolic OH excluding ortho intramolecular Hbond substituents is 1. The van der Waals surface area contributed by atoms with Crippen molar-refractivity contribution in [2.75, 3.05) is 20.2 Å². The number of nitrogens with one attached hydrogen (secondary N) is 2. The Morgan fingerprint density at radius 2 is 1.60 bits per heavy atom. The molecule has 0 saturated carbocycles. The maximum Gasteiger partial charge on any atom is 0.342 e. The Morgan fingerprint density at radius 3 is 2.19 bits per heavy atom. The number of esters is 1. The van der Waals surface area contributed by atoms with Crippen molar-refractivity contribution in [3.05, 3.63) is 117 Å². The molecule has 0 aromatic heterocycles. The number of carboxylic acids is 1. The highest BCUT2D eigenvalue weighted by atomic mass is 16.5. The number of carboxylic acid groups (broad SMARTS) is 1. The number of carbonyl (C=O) groups excluding carboxylic acids is 4. The normalized spacial score (nSPS) is 15.8. The molecular formula is C41H45N3O9. The van der Waals surface area contributed by atoms with Crippen LogP contribution in [0.25, 0.3) is 0 Å². The molecule has 4 N–H and O–H groups in total. The molecule has 1 atom stereocenters. The number of carbonyl (C=O) groups is 5. The van der Waals surface area contributed by atoms with Crippen molar-refractivity contribution in [3.8, 4) is 11.5 Å². The van der Waals surface area contributed by atoms with Crippen LogP contribution in [-0.2, 0) is 37.7 Å². The summed E-state index contributed by atoms with van der Waals surface area (Å²) in [4.78, 5) is 65.1. The van der Waals surface area contributed by atoms with Gasteiger partial charge in [0.1, 0.15) is 23.7 Å². The van der Waals surface area contributed by atoms with Gasteiger partial charge in [-0.05, 0) is 63.1 Å². The SMILES string of the molecule is COc1c(C)c2c(c(O)c1C/C=C(\C)CC(C/C(C)=C/CNC(=O)CCCN1C(=O)NC(c3ccccc3)(c3ccccc3)C1=O)C(=O)O)C(=O)OC2. The zero-order valence-electron chi connectivity index (χ0n) is 30.4. The van der Waals surface area contributed by atoms with Crippen molar-refractivity contribution in [2.24, 2.45) is 5.92 Å². The Morgan fingerprint density at radius 1 is 1.00 bits per heavy atom. The largest absolute Gasteiger partial charge is 0.507 e. The topological polar surface area (TPSA) is 172 Å². The second-order valence-corrected chi connectivity index (χ2v) is 13.4. The van der Waals surface area contributed by atoms with Gasteiger partial charge in [-0.25, -0.2) is 9.59 Å². The monoisotopic (exact) mass is 723 g/mol. The Kier molecular flexibility index (Phi) is 12.0. The summed E-state index contributed by atoms with van der Waals surface area (Å²) in [7, 11) is 1.49. The van der Waals surface area contributed by atoms with Gasteiger partial charge in [-0.15, -0.1) is 0 Å². The third kappa shape index (κ3) is 8.11. The van der Waals surface area contributed by atoms with Crippen molar-refractivity contribution in [1.82, 2.24) is 15.5 Å². The summed E-state index contributed by atoms with van der Waals surface area (Å²) < 4.78 is 10.7. The fourth-order valence-corrected chi connectivity index (χ4v) is 7.03. The summed E-state index contributed by atoms with van der Waals surface area (Å²) in [6.07, 6.45) is 4.67. The van der Waals surface area contributed by atoms with Crippen molar-refractivity contribution in [1.29, 1.82) is 0 Å². The summed E-state index contributed by atoms with van der Waals surface area (Å²) in [6.45, 7) is 5.75. The Bertz CT molecular complexity index is 1910. The fourth-order valence-electron chi connectivity index (χ4n) is 7.03. The average Bonchev–Trinajstić information content (AvgIpc) is 3.66. The predicted molar refractivity (Wildman–Crippen MR) is 196 cm³/mol. The van der Waals surface area contributed by atoms with Crippen LogP contribution < -0.4 is 15.4 Å². The first kappa shape index (κ1) is 38.3. The van der Waals surface area contributed by atoms with Crippen molar-refractivity contribution < 1.29 is 43.7 Å². The van der Waals surface area contributed by atoms with Crippen LogP contribution in [0, 0.1) is 12.8 Å². The molecule has 0 radical (unpaired) electrons. The number of aromatic hydroxyl groups is 1. The van der Waals surface area contributed by atoms with Gasteiger partial charge in [0.2, 0.25) is 5.91 Å². The molecule has 2 aliphatic heterocycles. The molecule has 0 aliphatic carbocycles. The van der Waals surface area contributed by atoms with E-state index in [0.29, 0.717) is 33.6 Å². The van der Waals surface area contributed by atoms with E-state index >= 15 is 0 Å². The molecule has 0 spiro atoms. The smallest absolute Gasteiger partial charge is 0.342 e. The quantitative estimate of drug-likeness (QED) is 0.0824. The molecule has 4 amide bonds. The summed E-state index contributed by atoms with van der Waals surface area (Å²) in [5.74, 6) is -2.67. The third-order valence-electron chi connectivity index (χ3n) is 9.84. The molecule has 5 rings (SSSR count). The molecule has 278 valence electrons. The van der Waals surface area contributed by atoms with E-state index in [1.165, 1.54) is 7.11 Å². The number of cyclic esters (lactones) is 1. The lowest BCUT2D eigenvalue weighted by Gasteiger charge is -2.28. The Balaban J connectivity index is 1.12. The number of allylic oxidation sites excluding steroid dienone is 3. The van der Waals surface area contributed by atoms with Crippen molar-refractivity contribution in [3.63, 3.8) is 0 Å². The van der Waals surface area contributed by atoms with E-state index in [-0.39, 0.29) is 69.0 Å². The number of hydrogen-bond donors (Lipinski definition) is 4. The number of nitrogens with zero attached hydrogens (tertiary/aromatic N) is 1. The van der Waals surface area contributed by atoms with Gasteiger partial charge in [0, 0.05) is 30.6 Å². The van der Waals surface area contributed by atoms with Crippen LogP contribution in [0.2, 0.25) is 0 Å². The van der Waals surface area contributed by atoms with Gasteiger partial charge in [-0.2, -0.15) is 0 Å². The number of ether oxygens (including phenoxy) is 2. The minimum Gasteiger partial charge on any atom is -0.507 e. The van der Waals surface area contributed by atoms with E-state index in [9.17, 15) is 34.2 Å². The molecule has 12 nitrogen and oxygen atoms in total. The van der Waals surface area contributed by atoms with Crippen LogP contribution in [0.5, 0.6) is 11.5 Å². The summed E-state index contributed by atoms with van der Waals surface area (Å²) in [5.41, 5.74) is 3.39. The highest BCUT2D eigenvalue weighted by Crippen LogP contribution is 2.42. The van der Waals surface area contributed by atoms with E-state index in [2.05, 4.69) is 10.6 Å². The number of hydrogen-bond acceptors (Lipinski definition) is 8. The number of aliphatic carboxylic acids is 1. The molecule has 53 heavy (non-hydrogen) atoms. The van der Waals surface area contributed by atoms with Crippen LogP contribution in [0.15, 0.2) is 84.0 Å². The number of urea groups is 1. The highest BCUT2D eigenvalue weighted by molar-refractivity contribution is 6.09. The van der Waals surface area contributed by atoms with E-state index in [0.717, 1.165) is 16.0 Å². The number of benzene rings is 3. The molecule has 1 fully saturated rings. The van der Waals surface area contributed by atoms with Crippen LogP contribution in [0.4, 0.5) is 4.79 Å². The first-order valence-corrected chi connectivity index (χ1v) is 17.5. The maximum atomic E-state index is 13.8. The summed E-state index contributed by atoms with van der Waals surface area (Å²) in [6, 6.07) is 17.6. The molecule has 0 bridgehead atoms. The summed E-state index contributed by atoms with van der Waals surface area (Å²) in [5, 5.41) is 26.6. The fraction of sp³-hybridized carbons (Fsp3) is 0.341. The zero-order valence-corrected chi connectivity index (χ0v) is 30.4. The lowest BCUT2D eigenvalue weighted by Crippen LogP contribution is -2.45. The van der Waals surface area contributed by atoms with Gasteiger partial charge in [-0.1, -0.05) is 84.0 Å². The first-order chi connectivity index (χ1) is 25.4. The van der Waals surface area contributed by atoms with Crippen LogP contribution in [-0.4, -0.2) is 65.1 Å². The van der Waals surface area contributed by atoms with Gasteiger partial charge in [0.05, 0.1) is 13.0 Å². The van der Waals surface area contributed by atoms with E-state index < -0.39 is 35.3 Å². The molecule has 3 aromatic carbocycles. The minimum absolute atomic E-state index is 0.0621. The van der Waals surface area contributed by atoms with Gasteiger partial charge in [0.15, 0.2) is 5.54 Å². The molecular weight excluding hydrogens is 678 g/mol. The Hall–Kier alpha value is -5.91. The lowest BCUT2D eigenvalue weighted by molar-refractivity contribution is -0.141. The van der Waals surface area contributed by atoms with Gasteiger partial charge >= 0.3 is 18.0 Å². The molecule has 1 saturated heterocycles. The van der Waals surface area contributed by atoms with Gasteiger partial charge < -0.3 is 30.3 Å². The number of imide groups is 1. The molecule has 2 heterocycles. The number of amides is 4. The standard InChI is InChI=1S/C41H45N3O9/c1-25(17-18-31-35(46)34-32(24-53-38(34)49)27(3)36(31)52-4)22-28(37(47)48)23-26(2)19-20-42-33(45)16-11-21-44-39(50)41(43-40(44)51,29-12-7-5-8-13-29)30-14-9-6-10-15-30/h5-10,12-15,17,19,28,46H,11,16,18,20-24H2,1-4H3,(H,42,45)(H,43,51)(H,47,48)/b25-17+,26-19+. The van der Waals surface area contributed by atoms with Crippen molar-refractivity contribution >= 4 is 29.8 Å². The zero-order chi connectivity index (χ0) is 38.3. The van der Waals surface area contributed by atoms with Gasteiger partial charge in [-0.3, -0.25) is 19.3 Å². The van der Waals surface area contributed by atoms with E-state index in [1.807, 2.05) is 49.4 Å². The molecule has 2 aliphatic rings. The van der Waals surface area contributed by atoms with Crippen LogP contribution in [0.3, 0.4) is 0 Å². The average molecular weight is 724 g/mol. The number of rotatable bonds is 16. The molecule has 12 heteroatoms. The second kappa shape index (κ2) is 16.6. The van der Waals surface area contributed by atoms with Crippen LogP contribution in [0.1, 0.15) is 77.7 Å². The first-order valence-electron chi connectivity index (χ1n) is 17.5. The highest BCUT2D eigenvalue weighted by Gasteiger charge is 2.53. The number of phenols is 1. The Labute approximate surface area is 308 Å². The molecule has 1 unspecified atom stereocenters. The van der Waals surface area contributed by atoms with Crippen LogP contribution >= 0.6 is 0 Å². The maximum absolute atomic E-state index is 13.8. The second-order valence-electron chi connectivity index (χ2n) is 13.4. The van der Waals surface area contributed by atoms with Crippen molar-refractivity contribution in [2.45, 2.75) is 65.0 Å². The molecule has 3 aromatic rings. The number of methoxy groups -OCH3 is 1. The lowest BCUT2D eigenvalue weighted by atomic mass is 9.82. The summed E-state index contributed by atoms with van der Waals surface area (Å²) >= 11 is 0. The predicted octanol–water partition coefficient (Wildman–Crippen LogP) is 5.69. The van der Waals surface area contributed by atoms with E-state index in [1.54, 1.807) is 44.2 Å². The van der Waals surface area contributed by atoms with Gasteiger partial charge in [0.25, 0.3) is 5.91 Å². The third-order valence-corrected chi connectivity index (χ3v) is 9.84. The minimum atomic E-state index is -1.36. The van der Waals surface area contributed by atoms with E-state index in [4.69, 9.17) is 9.47 Å².